The standard InChI is InChI=1S/C15H15BrClNOS/c1-9-4-7-14(20-9)10(2)18(3)15(19)11-5-6-13(17)12(16)8-11/h4-8,10H,1-3H3. The van der Waals surface area contributed by atoms with E-state index in [1.54, 1.807) is 34.4 Å². The lowest BCUT2D eigenvalue weighted by Gasteiger charge is -2.24. The number of nitrogens with zero attached hydrogens (tertiary/aromatic N) is 1. The van der Waals surface area contributed by atoms with Crippen molar-refractivity contribution in [1.82, 2.24) is 4.90 Å². The number of benzene rings is 1. The fourth-order valence-electron chi connectivity index (χ4n) is 1.88. The molecule has 106 valence electrons. The van der Waals surface area contributed by atoms with E-state index in [-0.39, 0.29) is 11.9 Å². The van der Waals surface area contributed by atoms with Crippen LogP contribution in [0.15, 0.2) is 34.8 Å². The van der Waals surface area contributed by atoms with Crippen LogP contribution in [0.3, 0.4) is 0 Å². The lowest BCUT2D eigenvalue weighted by atomic mass is 10.1. The van der Waals surface area contributed by atoms with Crippen LogP contribution in [-0.2, 0) is 0 Å². The molecule has 2 aromatic rings. The van der Waals surface area contributed by atoms with Crippen LogP contribution >= 0.6 is 38.9 Å². The maximum absolute atomic E-state index is 12.5. The van der Waals surface area contributed by atoms with Gasteiger partial charge >= 0.3 is 0 Å². The largest absolute Gasteiger partial charge is 0.334 e. The molecule has 2 nitrogen and oxygen atoms in total. The second-order valence-electron chi connectivity index (χ2n) is 4.67. The first-order valence-corrected chi connectivity index (χ1v) is 8.17. The molecule has 1 heterocycles. The van der Waals surface area contributed by atoms with Gasteiger partial charge in [0.1, 0.15) is 0 Å². The maximum atomic E-state index is 12.5. The maximum Gasteiger partial charge on any atom is 0.254 e. The molecular formula is C15H15BrClNOS. The Balaban J connectivity index is 2.21. The quantitative estimate of drug-likeness (QED) is 0.715. The summed E-state index contributed by atoms with van der Waals surface area (Å²) in [6, 6.07) is 9.44. The Morgan fingerprint density at radius 2 is 2.05 bits per heavy atom. The third-order valence-electron chi connectivity index (χ3n) is 3.24. The predicted molar refractivity (Wildman–Crippen MR) is 88.7 cm³/mol. The van der Waals surface area contributed by atoms with E-state index in [1.807, 2.05) is 14.0 Å². The summed E-state index contributed by atoms with van der Waals surface area (Å²) in [5.74, 6) is -0.0130. The second-order valence-corrected chi connectivity index (χ2v) is 7.25. The molecule has 5 heteroatoms. The zero-order chi connectivity index (χ0) is 14.9. The van der Waals surface area contributed by atoms with Crippen molar-refractivity contribution in [3.05, 3.63) is 55.1 Å². The average molecular weight is 373 g/mol. The molecule has 1 aromatic heterocycles. The molecule has 0 aliphatic carbocycles. The Hall–Kier alpha value is -0.840. The molecule has 0 aliphatic heterocycles. The molecule has 0 N–H and O–H groups in total. The molecule has 2 rings (SSSR count). The van der Waals surface area contributed by atoms with Gasteiger partial charge in [0.25, 0.3) is 5.91 Å². The number of thiophene rings is 1. The highest BCUT2D eigenvalue weighted by atomic mass is 79.9. The van der Waals surface area contributed by atoms with E-state index in [0.29, 0.717) is 10.6 Å². The van der Waals surface area contributed by atoms with Gasteiger partial charge in [0.2, 0.25) is 0 Å². The van der Waals surface area contributed by atoms with Gasteiger partial charge in [0, 0.05) is 26.8 Å². The van der Waals surface area contributed by atoms with Gasteiger partial charge in [0.05, 0.1) is 11.1 Å². The molecule has 1 atom stereocenters. The van der Waals surface area contributed by atoms with Crippen LogP contribution in [0.2, 0.25) is 5.02 Å². The fraction of sp³-hybridized carbons (Fsp3) is 0.267. The molecule has 20 heavy (non-hydrogen) atoms. The SMILES string of the molecule is Cc1ccc(C(C)N(C)C(=O)c2ccc(Cl)c(Br)c2)s1. The van der Waals surface area contributed by atoms with Crippen LogP contribution in [-0.4, -0.2) is 17.9 Å². The molecular weight excluding hydrogens is 358 g/mol. The van der Waals surface area contributed by atoms with Crippen LogP contribution < -0.4 is 0 Å². The van der Waals surface area contributed by atoms with Crippen LogP contribution in [0, 0.1) is 6.92 Å². The number of rotatable bonds is 3. The highest BCUT2D eigenvalue weighted by Crippen LogP contribution is 2.29. The molecule has 0 bridgehead atoms. The third kappa shape index (κ3) is 3.25. The van der Waals surface area contributed by atoms with Gasteiger partial charge in [-0.05, 0) is 60.1 Å². The smallest absolute Gasteiger partial charge is 0.254 e. The highest BCUT2D eigenvalue weighted by Gasteiger charge is 2.20. The van der Waals surface area contributed by atoms with Gasteiger partial charge in [-0.2, -0.15) is 0 Å². The summed E-state index contributed by atoms with van der Waals surface area (Å²) in [6.45, 7) is 4.10. The summed E-state index contributed by atoms with van der Waals surface area (Å²) < 4.78 is 0.734. The van der Waals surface area contributed by atoms with Gasteiger partial charge in [-0.3, -0.25) is 4.79 Å². The molecule has 0 saturated heterocycles. The van der Waals surface area contributed by atoms with Gasteiger partial charge in [0.15, 0.2) is 0 Å². The molecule has 1 amide bonds. The van der Waals surface area contributed by atoms with Crippen molar-refractivity contribution in [3.63, 3.8) is 0 Å². The number of carbonyl (C=O) groups excluding carboxylic acids is 1. The number of aryl methyl sites for hydroxylation is 1. The zero-order valence-corrected chi connectivity index (χ0v) is 14.6. The van der Waals surface area contributed by atoms with Crippen molar-refractivity contribution in [2.24, 2.45) is 0 Å². The Kier molecular flexibility index (Phi) is 4.89. The van der Waals surface area contributed by atoms with Crippen LogP contribution in [0.1, 0.15) is 33.1 Å². The van der Waals surface area contributed by atoms with Crippen molar-refractivity contribution in [1.29, 1.82) is 0 Å². The first-order chi connectivity index (χ1) is 9.40. The Bertz CT molecular complexity index is 641. The van der Waals surface area contributed by atoms with Gasteiger partial charge < -0.3 is 4.90 Å². The van der Waals surface area contributed by atoms with Crippen LogP contribution in [0.5, 0.6) is 0 Å². The van der Waals surface area contributed by atoms with Gasteiger partial charge in [-0.1, -0.05) is 11.6 Å². The molecule has 0 saturated carbocycles. The predicted octanol–water partition coefficient (Wildman–Crippen LogP) is 5.31. The molecule has 1 unspecified atom stereocenters. The van der Waals surface area contributed by atoms with Crippen LogP contribution in [0.25, 0.3) is 0 Å². The van der Waals surface area contributed by atoms with E-state index in [4.69, 9.17) is 11.6 Å². The summed E-state index contributed by atoms with van der Waals surface area (Å²) >= 11 is 11.0. The Morgan fingerprint density at radius 3 is 2.60 bits per heavy atom. The molecule has 1 aromatic carbocycles. The van der Waals surface area contributed by atoms with Crippen molar-refractivity contribution < 1.29 is 4.79 Å². The Labute approximate surface area is 136 Å². The van der Waals surface area contributed by atoms with E-state index < -0.39 is 0 Å². The van der Waals surface area contributed by atoms with E-state index in [1.165, 1.54) is 9.75 Å². The van der Waals surface area contributed by atoms with Gasteiger partial charge in [-0.15, -0.1) is 11.3 Å². The fourth-order valence-corrected chi connectivity index (χ4v) is 3.35. The highest BCUT2D eigenvalue weighted by molar-refractivity contribution is 9.10. The van der Waals surface area contributed by atoms with Crippen LogP contribution in [0.4, 0.5) is 0 Å². The Morgan fingerprint density at radius 1 is 1.35 bits per heavy atom. The molecule has 0 radical (unpaired) electrons. The number of hydrogen-bond donors (Lipinski definition) is 0. The van der Waals surface area contributed by atoms with Crippen molar-refractivity contribution in [3.8, 4) is 0 Å². The van der Waals surface area contributed by atoms with Crippen molar-refractivity contribution >= 4 is 44.8 Å². The number of halogens is 2. The second kappa shape index (κ2) is 6.29. The zero-order valence-electron chi connectivity index (χ0n) is 11.5. The van der Waals surface area contributed by atoms with E-state index in [0.717, 1.165) is 4.47 Å². The normalized spacial score (nSPS) is 12.2. The number of amides is 1. The van der Waals surface area contributed by atoms with Crippen molar-refractivity contribution in [2.75, 3.05) is 7.05 Å². The van der Waals surface area contributed by atoms with E-state index in [2.05, 4.69) is 35.0 Å². The summed E-state index contributed by atoms with van der Waals surface area (Å²) in [6.07, 6.45) is 0. The molecule has 0 spiro atoms. The summed E-state index contributed by atoms with van der Waals surface area (Å²) in [5, 5.41) is 0.603. The van der Waals surface area contributed by atoms with E-state index in [9.17, 15) is 4.79 Å². The average Bonchev–Trinajstić information content (AvgIpc) is 2.86. The topological polar surface area (TPSA) is 20.3 Å². The first-order valence-electron chi connectivity index (χ1n) is 6.18. The van der Waals surface area contributed by atoms with Gasteiger partial charge in [-0.25, -0.2) is 0 Å². The number of hydrogen-bond acceptors (Lipinski definition) is 2. The summed E-state index contributed by atoms with van der Waals surface area (Å²) in [5.41, 5.74) is 0.629. The lowest BCUT2D eigenvalue weighted by Crippen LogP contribution is -2.29. The first kappa shape index (κ1) is 15.5. The minimum atomic E-state index is -0.0130. The summed E-state index contributed by atoms with van der Waals surface area (Å²) in [7, 11) is 1.82. The number of carbonyl (C=O) groups is 1. The monoisotopic (exact) mass is 371 g/mol. The molecule has 0 aliphatic rings. The van der Waals surface area contributed by atoms with E-state index >= 15 is 0 Å². The van der Waals surface area contributed by atoms with Crippen molar-refractivity contribution in [2.45, 2.75) is 19.9 Å². The third-order valence-corrected chi connectivity index (χ3v) is 5.63. The summed E-state index contributed by atoms with van der Waals surface area (Å²) in [4.78, 5) is 16.7. The lowest BCUT2D eigenvalue weighted by molar-refractivity contribution is 0.0745. The minimum Gasteiger partial charge on any atom is -0.334 e. The minimum absolute atomic E-state index is 0.0130. The molecule has 0 fully saturated rings.